The van der Waals surface area contributed by atoms with E-state index in [1.165, 1.54) is 37.5 Å². The van der Waals surface area contributed by atoms with Gasteiger partial charge in [-0.15, -0.1) is 0 Å². The molecule has 0 bridgehead atoms. The number of aliphatic carboxylic acids is 1. The van der Waals surface area contributed by atoms with Crippen LogP contribution in [0.5, 0.6) is 5.75 Å². The Hall–Kier alpha value is -2.80. The summed E-state index contributed by atoms with van der Waals surface area (Å²) in [5, 5.41) is 8.59. The molecule has 0 atom stereocenters. The van der Waals surface area contributed by atoms with Crippen LogP contribution in [0, 0.1) is 6.92 Å². The molecule has 0 saturated heterocycles. The molecule has 0 unspecified atom stereocenters. The van der Waals surface area contributed by atoms with E-state index in [0.717, 1.165) is 11.6 Å². The third-order valence-corrected chi connectivity index (χ3v) is 4.59. The number of methoxy groups -OCH3 is 1. The second kappa shape index (κ2) is 7.18. The largest absolute Gasteiger partial charge is 0.495 e. The monoisotopic (exact) mass is 347 g/mol. The molecule has 126 valence electrons. The second-order valence-corrected chi connectivity index (χ2v) is 6.73. The van der Waals surface area contributed by atoms with Crippen LogP contribution in [0.1, 0.15) is 11.1 Å². The molecular formula is C17H17NO5S. The average molecular weight is 347 g/mol. The number of hydrogen-bond acceptors (Lipinski definition) is 4. The molecule has 6 nitrogen and oxygen atoms in total. The molecule has 2 N–H and O–H groups in total. The number of carboxylic acids is 1. The van der Waals surface area contributed by atoms with Crippen molar-refractivity contribution in [2.75, 3.05) is 11.8 Å². The summed E-state index contributed by atoms with van der Waals surface area (Å²) in [6.07, 6.45) is 2.37. The highest BCUT2D eigenvalue weighted by Gasteiger charge is 2.16. The van der Waals surface area contributed by atoms with Gasteiger partial charge in [-0.2, -0.15) is 0 Å². The number of sulfonamides is 1. The number of carbonyl (C=O) groups is 1. The van der Waals surface area contributed by atoms with Crippen molar-refractivity contribution in [2.24, 2.45) is 0 Å². The molecule has 7 heteroatoms. The van der Waals surface area contributed by atoms with E-state index < -0.39 is 16.0 Å². The number of anilines is 1. The Labute approximate surface area is 140 Å². The second-order valence-electron chi connectivity index (χ2n) is 5.05. The zero-order chi connectivity index (χ0) is 17.7. The lowest BCUT2D eigenvalue weighted by Crippen LogP contribution is -2.13. The van der Waals surface area contributed by atoms with Crippen LogP contribution in [-0.2, 0) is 14.8 Å². The molecule has 2 aromatic rings. The van der Waals surface area contributed by atoms with E-state index in [1.807, 2.05) is 13.0 Å². The highest BCUT2D eigenvalue weighted by Crippen LogP contribution is 2.27. The van der Waals surface area contributed by atoms with Crippen LogP contribution in [0.3, 0.4) is 0 Å². The lowest BCUT2D eigenvalue weighted by atomic mass is 10.2. The van der Waals surface area contributed by atoms with Crippen molar-refractivity contribution in [3.63, 3.8) is 0 Å². The fourth-order valence-corrected chi connectivity index (χ4v) is 3.09. The summed E-state index contributed by atoms with van der Waals surface area (Å²) in [5.41, 5.74) is 1.83. The van der Waals surface area contributed by atoms with Gasteiger partial charge in [-0.25, -0.2) is 13.2 Å². The standard InChI is InChI=1S/C17H17NO5S/c1-12-3-9-16(23-2)15(11-12)18-24(21,22)14-7-4-13(5-8-14)6-10-17(19)20/h3-11,18H,1-2H3,(H,19,20). The minimum Gasteiger partial charge on any atom is -0.495 e. The molecule has 0 radical (unpaired) electrons. The third-order valence-electron chi connectivity index (χ3n) is 3.21. The zero-order valence-electron chi connectivity index (χ0n) is 13.2. The van der Waals surface area contributed by atoms with Gasteiger partial charge in [-0.05, 0) is 48.4 Å². The van der Waals surface area contributed by atoms with Gasteiger partial charge in [-0.3, -0.25) is 4.72 Å². The molecule has 2 aromatic carbocycles. The Bertz CT molecular complexity index is 870. The van der Waals surface area contributed by atoms with Gasteiger partial charge in [0.2, 0.25) is 0 Å². The minimum atomic E-state index is -3.78. The normalized spacial score (nSPS) is 11.4. The maximum absolute atomic E-state index is 12.5. The van der Waals surface area contributed by atoms with Gasteiger partial charge in [0.15, 0.2) is 0 Å². The highest BCUT2D eigenvalue weighted by atomic mass is 32.2. The molecular weight excluding hydrogens is 330 g/mol. The van der Waals surface area contributed by atoms with E-state index in [0.29, 0.717) is 17.0 Å². The quantitative estimate of drug-likeness (QED) is 0.784. The minimum absolute atomic E-state index is 0.0681. The van der Waals surface area contributed by atoms with Gasteiger partial charge in [0.1, 0.15) is 5.75 Å². The molecule has 0 spiro atoms. The zero-order valence-corrected chi connectivity index (χ0v) is 14.0. The number of carboxylic acid groups (broad SMARTS) is 1. The fourth-order valence-electron chi connectivity index (χ4n) is 2.03. The van der Waals surface area contributed by atoms with Gasteiger partial charge in [-0.1, -0.05) is 18.2 Å². The topological polar surface area (TPSA) is 92.7 Å². The van der Waals surface area contributed by atoms with Crippen molar-refractivity contribution in [2.45, 2.75) is 11.8 Å². The molecule has 0 aromatic heterocycles. The van der Waals surface area contributed by atoms with Crippen molar-refractivity contribution in [3.05, 3.63) is 59.7 Å². The summed E-state index contributed by atoms with van der Waals surface area (Å²) in [6, 6.07) is 11.1. The summed E-state index contributed by atoms with van der Waals surface area (Å²) in [5.74, 6) is -0.648. The van der Waals surface area contributed by atoms with E-state index in [4.69, 9.17) is 9.84 Å². The molecule has 0 heterocycles. The number of ether oxygens (including phenoxy) is 1. The molecule has 0 fully saturated rings. The molecule has 0 saturated carbocycles. The van der Waals surface area contributed by atoms with Gasteiger partial charge in [0, 0.05) is 6.08 Å². The van der Waals surface area contributed by atoms with Crippen LogP contribution in [0.15, 0.2) is 53.4 Å². The predicted molar refractivity (Wildman–Crippen MR) is 91.7 cm³/mol. The Morgan fingerprint density at radius 1 is 1.17 bits per heavy atom. The van der Waals surface area contributed by atoms with Crippen LogP contribution < -0.4 is 9.46 Å². The Morgan fingerprint density at radius 3 is 2.42 bits per heavy atom. The van der Waals surface area contributed by atoms with Gasteiger partial charge >= 0.3 is 5.97 Å². The van der Waals surface area contributed by atoms with Crippen LogP contribution in [0.4, 0.5) is 5.69 Å². The van der Waals surface area contributed by atoms with Crippen molar-refractivity contribution < 1.29 is 23.1 Å². The molecule has 0 aliphatic rings. The lowest BCUT2D eigenvalue weighted by Gasteiger charge is -2.12. The van der Waals surface area contributed by atoms with Crippen molar-refractivity contribution in [1.29, 1.82) is 0 Å². The molecule has 0 aliphatic heterocycles. The smallest absolute Gasteiger partial charge is 0.328 e. The predicted octanol–water partition coefficient (Wildman–Crippen LogP) is 2.90. The summed E-state index contributed by atoms with van der Waals surface area (Å²) in [7, 11) is -2.32. The molecule has 2 rings (SSSR count). The third kappa shape index (κ3) is 4.36. The van der Waals surface area contributed by atoms with Crippen molar-refractivity contribution in [1.82, 2.24) is 0 Å². The first-order valence-corrected chi connectivity index (χ1v) is 8.48. The maximum Gasteiger partial charge on any atom is 0.328 e. The van der Waals surface area contributed by atoms with E-state index in [-0.39, 0.29) is 4.90 Å². The summed E-state index contributed by atoms with van der Waals surface area (Å²) >= 11 is 0. The lowest BCUT2D eigenvalue weighted by molar-refractivity contribution is -0.131. The number of rotatable bonds is 6. The van der Waals surface area contributed by atoms with Crippen LogP contribution in [0.25, 0.3) is 6.08 Å². The van der Waals surface area contributed by atoms with Gasteiger partial charge in [0.05, 0.1) is 17.7 Å². The van der Waals surface area contributed by atoms with E-state index >= 15 is 0 Å². The maximum atomic E-state index is 12.5. The number of hydrogen-bond donors (Lipinski definition) is 2. The summed E-state index contributed by atoms with van der Waals surface area (Å²) < 4.78 is 32.6. The Kier molecular flexibility index (Phi) is 5.25. The van der Waals surface area contributed by atoms with Gasteiger partial charge in [0.25, 0.3) is 10.0 Å². The summed E-state index contributed by atoms with van der Waals surface area (Å²) in [6.45, 7) is 1.85. The van der Waals surface area contributed by atoms with Crippen LogP contribution in [0.2, 0.25) is 0 Å². The van der Waals surface area contributed by atoms with Crippen molar-refractivity contribution >= 4 is 27.8 Å². The fraction of sp³-hybridized carbons (Fsp3) is 0.118. The van der Waals surface area contributed by atoms with Crippen LogP contribution >= 0.6 is 0 Å². The molecule has 24 heavy (non-hydrogen) atoms. The molecule has 0 amide bonds. The highest BCUT2D eigenvalue weighted by molar-refractivity contribution is 7.92. The van der Waals surface area contributed by atoms with Crippen molar-refractivity contribution in [3.8, 4) is 5.75 Å². The number of nitrogens with one attached hydrogen (secondary N) is 1. The van der Waals surface area contributed by atoms with E-state index in [1.54, 1.807) is 12.1 Å². The summed E-state index contributed by atoms with van der Waals surface area (Å²) in [4.78, 5) is 10.6. The Balaban J connectivity index is 2.28. The van der Waals surface area contributed by atoms with E-state index in [2.05, 4.69) is 4.72 Å². The number of benzene rings is 2. The van der Waals surface area contributed by atoms with E-state index in [9.17, 15) is 13.2 Å². The average Bonchev–Trinajstić information content (AvgIpc) is 2.53. The first-order chi connectivity index (χ1) is 11.3. The first-order valence-electron chi connectivity index (χ1n) is 7.00. The van der Waals surface area contributed by atoms with Gasteiger partial charge < -0.3 is 9.84 Å². The Morgan fingerprint density at radius 2 is 1.83 bits per heavy atom. The number of aryl methyl sites for hydroxylation is 1. The van der Waals surface area contributed by atoms with Crippen LogP contribution in [-0.4, -0.2) is 26.6 Å². The SMILES string of the molecule is COc1ccc(C)cc1NS(=O)(=O)c1ccc(C=CC(=O)O)cc1. The first kappa shape index (κ1) is 17.6. The molecule has 0 aliphatic carbocycles.